The van der Waals surface area contributed by atoms with E-state index in [1.165, 1.54) is 0 Å². The SMILES string of the molecule is CCCNC(=NC)NCC(OC)C(C)(C)C. The highest BCUT2D eigenvalue weighted by Crippen LogP contribution is 2.20. The molecule has 96 valence electrons. The third-order valence-electron chi connectivity index (χ3n) is 2.47. The van der Waals surface area contributed by atoms with Gasteiger partial charge in [-0.1, -0.05) is 27.7 Å². The van der Waals surface area contributed by atoms with Crippen molar-refractivity contribution in [3.8, 4) is 0 Å². The van der Waals surface area contributed by atoms with Crippen LogP contribution < -0.4 is 10.6 Å². The molecule has 0 spiro atoms. The van der Waals surface area contributed by atoms with Crippen LogP contribution in [0.15, 0.2) is 4.99 Å². The highest BCUT2D eigenvalue weighted by atomic mass is 16.5. The number of nitrogens with zero attached hydrogens (tertiary/aromatic N) is 1. The minimum Gasteiger partial charge on any atom is -0.379 e. The standard InChI is InChI=1S/C12H27N3O/c1-7-8-14-11(13-5)15-9-10(16-6)12(2,3)4/h10H,7-9H2,1-6H3,(H2,13,14,15). The lowest BCUT2D eigenvalue weighted by Gasteiger charge is -2.30. The molecule has 4 nitrogen and oxygen atoms in total. The Labute approximate surface area is 99.9 Å². The van der Waals surface area contributed by atoms with E-state index in [4.69, 9.17) is 4.74 Å². The van der Waals surface area contributed by atoms with Crippen LogP contribution in [-0.2, 0) is 4.74 Å². The first-order valence-electron chi connectivity index (χ1n) is 5.93. The third kappa shape index (κ3) is 5.95. The summed E-state index contributed by atoms with van der Waals surface area (Å²) in [6.45, 7) is 10.4. The van der Waals surface area contributed by atoms with E-state index in [2.05, 4.69) is 43.3 Å². The number of methoxy groups -OCH3 is 1. The van der Waals surface area contributed by atoms with Crippen LogP contribution in [0.5, 0.6) is 0 Å². The van der Waals surface area contributed by atoms with E-state index in [0.717, 1.165) is 25.5 Å². The molecule has 0 aliphatic heterocycles. The van der Waals surface area contributed by atoms with E-state index in [1.807, 2.05) is 0 Å². The molecule has 0 fully saturated rings. The Hall–Kier alpha value is -0.770. The molecule has 0 aliphatic carbocycles. The summed E-state index contributed by atoms with van der Waals surface area (Å²) in [6, 6.07) is 0. The zero-order chi connectivity index (χ0) is 12.6. The van der Waals surface area contributed by atoms with E-state index < -0.39 is 0 Å². The van der Waals surface area contributed by atoms with Crippen LogP contribution in [0.25, 0.3) is 0 Å². The van der Waals surface area contributed by atoms with Crippen molar-refractivity contribution in [3.63, 3.8) is 0 Å². The largest absolute Gasteiger partial charge is 0.379 e. The van der Waals surface area contributed by atoms with Gasteiger partial charge in [-0.2, -0.15) is 0 Å². The van der Waals surface area contributed by atoms with Crippen molar-refractivity contribution in [1.29, 1.82) is 0 Å². The Morgan fingerprint density at radius 3 is 2.31 bits per heavy atom. The summed E-state index contributed by atoms with van der Waals surface area (Å²) in [5.41, 5.74) is 0.130. The van der Waals surface area contributed by atoms with Gasteiger partial charge in [-0.3, -0.25) is 4.99 Å². The van der Waals surface area contributed by atoms with Gasteiger partial charge >= 0.3 is 0 Å². The fourth-order valence-electron chi connectivity index (χ4n) is 1.40. The van der Waals surface area contributed by atoms with E-state index in [1.54, 1.807) is 14.2 Å². The van der Waals surface area contributed by atoms with E-state index >= 15 is 0 Å². The van der Waals surface area contributed by atoms with Crippen LogP contribution in [0.1, 0.15) is 34.1 Å². The average molecular weight is 229 g/mol. The first-order chi connectivity index (χ1) is 7.45. The summed E-state index contributed by atoms with van der Waals surface area (Å²) in [6.07, 6.45) is 1.26. The molecule has 0 saturated carbocycles. The summed E-state index contributed by atoms with van der Waals surface area (Å²) in [5.74, 6) is 0.841. The van der Waals surface area contributed by atoms with Gasteiger partial charge in [0.1, 0.15) is 0 Å². The van der Waals surface area contributed by atoms with Crippen molar-refractivity contribution in [2.24, 2.45) is 10.4 Å². The van der Waals surface area contributed by atoms with Crippen LogP contribution in [-0.4, -0.2) is 39.3 Å². The molecule has 1 unspecified atom stereocenters. The third-order valence-corrected chi connectivity index (χ3v) is 2.47. The lowest BCUT2D eigenvalue weighted by atomic mass is 9.89. The van der Waals surface area contributed by atoms with Gasteiger partial charge in [0.2, 0.25) is 0 Å². The highest BCUT2D eigenvalue weighted by molar-refractivity contribution is 5.79. The molecule has 0 aromatic heterocycles. The van der Waals surface area contributed by atoms with E-state index in [9.17, 15) is 0 Å². The molecule has 4 heteroatoms. The predicted octanol–water partition coefficient (Wildman–Crippen LogP) is 1.62. The number of guanidine groups is 1. The second-order valence-electron chi connectivity index (χ2n) is 4.97. The molecule has 16 heavy (non-hydrogen) atoms. The first kappa shape index (κ1) is 15.2. The number of aliphatic imine (C=N–C) groups is 1. The maximum atomic E-state index is 5.47. The van der Waals surface area contributed by atoms with Crippen molar-refractivity contribution >= 4 is 5.96 Å². The quantitative estimate of drug-likeness (QED) is 0.556. The summed E-state index contributed by atoms with van der Waals surface area (Å²) >= 11 is 0. The molecule has 0 aromatic carbocycles. The number of ether oxygens (including phenoxy) is 1. The van der Waals surface area contributed by atoms with Crippen molar-refractivity contribution in [2.75, 3.05) is 27.2 Å². The number of hydrogen-bond acceptors (Lipinski definition) is 2. The molecule has 0 heterocycles. The second-order valence-corrected chi connectivity index (χ2v) is 4.97. The van der Waals surface area contributed by atoms with Gasteiger partial charge in [0.15, 0.2) is 5.96 Å². The number of rotatable bonds is 5. The minimum absolute atomic E-state index is 0.130. The van der Waals surface area contributed by atoms with Gasteiger partial charge in [-0.05, 0) is 11.8 Å². The second kappa shape index (κ2) is 7.49. The monoisotopic (exact) mass is 229 g/mol. The van der Waals surface area contributed by atoms with Crippen molar-refractivity contribution in [1.82, 2.24) is 10.6 Å². The lowest BCUT2D eigenvalue weighted by Crippen LogP contribution is -2.45. The topological polar surface area (TPSA) is 45.7 Å². The lowest BCUT2D eigenvalue weighted by molar-refractivity contribution is 0.0205. The van der Waals surface area contributed by atoms with Crippen LogP contribution in [0, 0.1) is 5.41 Å². The van der Waals surface area contributed by atoms with Crippen molar-refractivity contribution in [3.05, 3.63) is 0 Å². The molecule has 2 N–H and O–H groups in total. The molecule has 0 amide bonds. The minimum atomic E-state index is 0.130. The van der Waals surface area contributed by atoms with Gasteiger partial charge in [0, 0.05) is 27.2 Å². The smallest absolute Gasteiger partial charge is 0.191 e. The molecule has 0 aromatic rings. The summed E-state index contributed by atoms with van der Waals surface area (Å²) in [5, 5.41) is 6.51. The molecule has 0 saturated heterocycles. The van der Waals surface area contributed by atoms with Crippen molar-refractivity contribution < 1.29 is 4.74 Å². The zero-order valence-corrected chi connectivity index (χ0v) is 11.6. The molecule has 1 atom stereocenters. The van der Waals surface area contributed by atoms with Gasteiger partial charge in [-0.15, -0.1) is 0 Å². The van der Waals surface area contributed by atoms with E-state index in [0.29, 0.717) is 0 Å². The average Bonchev–Trinajstić information content (AvgIpc) is 2.21. The van der Waals surface area contributed by atoms with Gasteiger partial charge < -0.3 is 15.4 Å². The number of nitrogens with one attached hydrogen (secondary N) is 2. The Bertz CT molecular complexity index is 209. The Kier molecular flexibility index (Phi) is 7.13. The van der Waals surface area contributed by atoms with E-state index in [-0.39, 0.29) is 11.5 Å². The number of hydrogen-bond donors (Lipinski definition) is 2. The van der Waals surface area contributed by atoms with Gasteiger partial charge in [-0.25, -0.2) is 0 Å². The van der Waals surface area contributed by atoms with Crippen LogP contribution in [0.4, 0.5) is 0 Å². The molecule has 0 bridgehead atoms. The maximum absolute atomic E-state index is 5.47. The Morgan fingerprint density at radius 1 is 1.31 bits per heavy atom. The molecule has 0 radical (unpaired) electrons. The van der Waals surface area contributed by atoms with Crippen LogP contribution in [0.2, 0.25) is 0 Å². The highest BCUT2D eigenvalue weighted by Gasteiger charge is 2.24. The van der Waals surface area contributed by atoms with Gasteiger partial charge in [0.25, 0.3) is 0 Å². The fourth-order valence-corrected chi connectivity index (χ4v) is 1.40. The maximum Gasteiger partial charge on any atom is 0.191 e. The fraction of sp³-hybridized carbons (Fsp3) is 0.917. The summed E-state index contributed by atoms with van der Waals surface area (Å²) in [7, 11) is 3.53. The molecule has 0 aliphatic rings. The Morgan fingerprint density at radius 2 is 1.94 bits per heavy atom. The predicted molar refractivity (Wildman–Crippen MR) is 69.9 cm³/mol. The zero-order valence-electron chi connectivity index (χ0n) is 11.6. The first-order valence-corrected chi connectivity index (χ1v) is 5.93. The van der Waals surface area contributed by atoms with Crippen molar-refractivity contribution in [2.45, 2.75) is 40.2 Å². The summed E-state index contributed by atoms with van der Waals surface area (Å²) < 4.78 is 5.47. The summed E-state index contributed by atoms with van der Waals surface area (Å²) in [4.78, 5) is 4.15. The molecule has 0 rings (SSSR count). The van der Waals surface area contributed by atoms with Crippen LogP contribution >= 0.6 is 0 Å². The van der Waals surface area contributed by atoms with Gasteiger partial charge in [0.05, 0.1) is 6.10 Å². The molecular weight excluding hydrogens is 202 g/mol. The normalized spacial score (nSPS) is 14.8. The van der Waals surface area contributed by atoms with Crippen LogP contribution in [0.3, 0.4) is 0 Å². The Balaban J connectivity index is 4.09. The molecular formula is C12H27N3O.